The van der Waals surface area contributed by atoms with Gasteiger partial charge in [0.05, 0.1) is 16.7 Å². The lowest BCUT2D eigenvalue weighted by molar-refractivity contribution is 0.519. The highest BCUT2D eigenvalue weighted by molar-refractivity contribution is 5.90. The van der Waals surface area contributed by atoms with Gasteiger partial charge < -0.3 is 10.6 Å². The van der Waals surface area contributed by atoms with Crippen molar-refractivity contribution < 1.29 is 4.39 Å². The summed E-state index contributed by atoms with van der Waals surface area (Å²) in [5, 5.41) is 7.82. The molecule has 1 aliphatic heterocycles. The van der Waals surface area contributed by atoms with Crippen LogP contribution in [0.1, 0.15) is 12.5 Å². The van der Waals surface area contributed by atoms with Crippen molar-refractivity contribution in [2.45, 2.75) is 12.5 Å². The first-order valence-corrected chi connectivity index (χ1v) is 10.4. The molecule has 1 aromatic carbocycles. The molecule has 0 fully saturated rings. The molecular formula is C26H22FN5. The number of hydrogen-bond acceptors (Lipinski definition) is 5. The fourth-order valence-electron chi connectivity index (χ4n) is 3.79. The Hall–Kier alpha value is -4.06. The van der Waals surface area contributed by atoms with Crippen molar-refractivity contribution in [2.24, 2.45) is 0 Å². The monoisotopic (exact) mass is 423 g/mol. The van der Waals surface area contributed by atoms with Crippen molar-refractivity contribution in [2.75, 3.05) is 11.9 Å². The molecule has 4 aromatic rings. The number of dihydropyridines is 1. The predicted molar refractivity (Wildman–Crippen MR) is 125 cm³/mol. The van der Waals surface area contributed by atoms with Crippen LogP contribution in [-0.2, 0) is 5.54 Å². The van der Waals surface area contributed by atoms with Crippen LogP contribution in [0.3, 0.4) is 0 Å². The number of fused-ring (bicyclic) bond motifs is 1. The number of benzene rings is 1. The second kappa shape index (κ2) is 8.23. The highest BCUT2D eigenvalue weighted by Crippen LogP contribution is 2.27. The van der Waals surface area contributed by atoms with Gasteiger partial charge in [-0.3, -0.25) is 4.98 Å². The molecule has 32 heavy (non-hydrogen) atoms. The van der Waals surface area contributed by atoms with Crippen molar-refractivity contribution in [3.05, 3.63) is 108 Å². The Morgan fingerprint density at radius 1 is 1.03 bits per heavy atom. The predicted octanol–water partition coefficient (Wildman–Crippen LogP) is 5.20. The van der Waals surface area contributed by atoms with Gasteiger partial charge in [-0.25, -0.2) is 14.4 Å². The third kappa shape index (κ3) is 3.95. The third-order valence-corrected chi connectivity index (χ3v) is 5.66. The molecule has 1 atom stereocenters. The molecule has 6 heteroatoms. The lowest BCUT2D eigenvalue weighted by atomic mass is 9.90. The van der Waals surface area contributed by atoms with E-state index in [0.29, 0.717) is 6.54 Å². The zero-order valence-electron chi connectivity index (χ0n) is 17.6. The van der Waals surface area contributed by atoms with Crippen LogP contribution >= 0.6 is 0 Å². The summed E-state index contributed by atoms with van der Waals surface area (Å²) in [6.07, 6.45) is 11.6. The maximum atomic E-state index is 13.6. The number of rotatable bonds is 5. The average molecular weight is 423 g/mol. The lowest BCUT2D eigenvalue weighted by Gasteiger charge is -2.30. The van der Waals surface area contributed by atoms with Gasteiger partial charge in [-0.05, 0) is 60.5 Å². The number of hydrogen-bond donors (Lipinski definition) is 2. The summed E-state index contributed by atoms with van der Waals surface area (Å²) in [6, 6.07) is 16.2. The Bertz CT molecular complexity index is 1330. The number of nitrogens with zero attached hydrogens (tertiary/aromatic N) is 3. The molecule has 5 nitrogen and oxygen atoms in total. The molecule has 4 heterocycles. The fourth-order valence-corrected chi connectivity index (χ4v) is 3.79. The Morgan fingerprint density at radius 2 is 1.91 bits per heavy atom. The molecule has 0 radical (unpaired) electrons. The van der Waals surface area contributed by atoms with E-state index in [1.165, 1.54) is 12.1 Å². The van der Waals surface area contributed by atoms with Crippen molar-refractivity contribution in [3.63, 3.8) is 0 Å². The standard InChI is InChI=1S/C26H22FN5/c1-26(20-8-12-28-13-9-20)11-7-18(17-31-26)16-30-25-22-5-6-23(32-24(22)10-14-29-25)19-3-2-4-21(27)15-19/h2-15,17,31H,16H2,1H3,(H,29,30). The molecule has 0 saturated heterocycles. The highest BCUT2D eigenvalue weighted by Gasteiger charge is 2.24. The minimum absolute atomic E-state index is 0.263. The molecule has 2 N–H and O–H groups in total. The molecule has 0 saturated carbocycles. The maximum Gasteiger partial charge on any atom is 0.135 e. The number of anilines is 1. The van der Waals surface area contributed by atoms with Crippen molar-refractivity contribution in [1.82, 2.24) is 20.3 Å². The largest absolute Gasteiger partial charge is 0.378 e. The molecule has 1 unspecified atom stereocenters. The van der Waals surface area contributed by atoms with Crippen LogP contribution in [0.15, 0.2) is 97.1 Å². The van der Waals surface area contributed by atoms with Gasteiger partial charge >= 0.3 is 0 Å². The summed E-state index contributed by atoms with van der Waals surface area (Å²) < 4.78 is 13.6. The minimum Gasteiger partial charge on any atom is -0.378 e. The average Bonchev–Trinajstić information content (AvgIpc) is 2.84. The van der Waals surface area contributed by atoms with E-state index in [2.05, 4.69) is 39.7 Å². The Kier molecular flexibility index (Phi) is 5.11. The SMILES string of the molecule is CC1(c2ccncc2)C=CC(CNc2nccc3nc(-c4cccc(F)c4)ccc23)=CN1. The maximum absolute atomic E-state index is 13.6. The first kappa shape index (κ1) is 19.9. The quantitative estimate of drug-likeness (QED) is 0.462. The van der Waals surface area contributed by atoms with Crippen LogP contribution in [-0.4, -0.2) is 21.5 Å². The van der Waals surface area contributed by atoms with Gasteiger partial charge in [0.25, 0.3) is 0 Å². The van der Waals surface area contributed by atoms with Gasteiger partial charge in [-0.1, -0.05) is 24.3 Å². The number of aromatic nitrogens is 3. The van der Waals surface area contributed by atoms with Crippen molar-refractivity contribution in [1.29, 1.82) is 0 Å². The summed E-state index contributed by atoms with van der Waals surface area (Å²) in [4.78, 5) is 13.3. The van der Waals surface area contributed by atoms with Crippen molar-refractivity contribution >= 4 is 16.7 Å². The number of halogens is 1. The van der Waals surface area contributed by atoms with Crippen LogP contribution in [0.25, 0.3) is 22.2 Å². The Labute approximate surface area is 185 Å². The van der Waals surface area contributed by atoms with E-state index in [0.717, 1.165) is 39.1 Å². The number of nitrogens with one attached hydrogen (secondary N) is 2. The zero-order valence-corrected chi connectivity index (χ0v) is 17.6. The molecule has 0 bridgehead atoms. The van der Waals surface area contributed by atoms with Crippen LogP contribution < -0.4 is 10.6 Å². The minimum atomic E-state index is -0.274. The van der Waals surface area contributed by atoms with Gasteiger partial charge in [0, 0.05) is 42.3 Å². The lowest BCUT2D eigenvalue weighted by Crippen LogP contribution is -2.36. The van der Waals surface area contributed by atoms with Crippen LogP contribution in [0.2, 0.25) is 0 Å². The Morgan fingerprint density at radius 3 is 2.69 bits per heavy atom. The third-order valence-electron chi connectivity index (χ3n) is 5.66. The molecule has 158 valence electrons. The van der Waals surface area contributed by atoms with E-state index >= 15 is 0 Å². The summed E-state index contributed by atoms with van der Waals surface area (Å²) in [5.41, 5.74) is 4.29. The van der Waals surface area contributed by atoms with Gasteiger partial charge in [-0.2, -0.15) is 0 Å². The molecule has 0 aliphatic carbocycles. The van der Waals surface area contributed by atoms with Gasteiger partial charge in [0.15, 0.2) is 0 Å². The van der Waals surface area contributed by atoms with E-state index in [1.807, 2.05) is 42.6 Å². The fraction of sp³-hybridized carbons (Fsp3) is 0.115. The molecule has 3 aromatic heterocycles. The molecule has 0 spiro atoms. The summed E-state index contributed by atoms with van der Waals surface area (Å²) in [7, 11) is 0. The Balaban J connectivity index is 1.32. The van der Waals surface area contributed by atoms with E-state index < -0.39 is 0 Å². The smallest absolute Gasteiger partial charge is 0.135 e. The molecular weight excluding hydrogens is 401 g/mol. The molecule has 1 aliphatic rings. The van der Waals surface area contributed by atoms with Crippen LogP contribution in [0.5, 0.6) is 0 Å². The summed E-state index contributed by atoms with van der Waals surface area (Å²) >= 11 is 0. The first-order valence-electron chi connectivity index (χ1n) is 10.4. The van der Waals surface area contributed by atoms with Gasteiger partial charge in [0.1, 0.15) is 11.6 Å². The topological polar surface area (TPSA) is 62.7 Å². The summed E-state index contributed by atoms with van der Waals surface area (Å²) in [6.45, 7) is 2.75. The van der Waals surface area contributed by atoms with Crippen LogP contribution in [0, 0.1) is 5.82 Å². The van der Waals surface area contributed by atoms with E-state index in [1.54, 1.807) is 24.7 Å². The second-order valence-electron chi connectivity index (χ2n) is 7.92. The molecule has 5 rings (SSSR count). The van der Waals surface area contributed by atoms with E-state index in [-0.39, 0.29) is 11.4 Å². The second-order valence-corrected chi connectivity index (χ2v) is 7.92. The number of pyridine rings is 3. The van der Waals surface area contributed by atoms with Gasteiger partial charge in [-0.15, -0.1) is 0 Å². The normalized spacial score (nSPS) is 17.6. The zero-order chi connectivity index (χ0) is 22.0. The molecule has 0 amide bonds. The van der Waals surface area contributed by atoms with E-state index in [4.69, 9.17) is 4.98 Å². The van der Waals surface area contributed by atoms with Crippen LogP contribution in [0.4, 0.5) is 10.2 Å². The van der Waals surface area contributed by atoms with E-state index in [9.17, 15) is 4.39 Å². The highest BCUT2D eigenvalue weighted by atomic mass is 19.1. The van der Waals surface area contributed by atoms with Crippen molar-refractivity contribution in [3.8, 4) is 11.3 Å². The first-order chi connectivity index (χ1) is 15.6. The summed E-state index contributed by atoms with van der Waals surface area (Å²) in [5.74, 6) is 0.487. The van der Waals surface area contributed by atoms with Gasteiger partial charge in [0.2, 0.25) is 0 Å².